The Balaban J connectivity index is 0.000000242. The first-order valence-electron chi connectivity index (χ1n) is 12.5. The number of fused-ring (bicyclic) bond motifs is 1. The van der Waals surface area contributed by atoms with Gasteiger partial charge < -0.3 is 20.4 Å². The number of anilines is 4. The summed E-state index contributed by atoms with van der Waals surface area (Å²) in [5, 5.41) is 27.2. The normalized spacial score (nSPS) is 13.6. The van der Waals surface area contributed by atoms with E-state index in [4.69, 9.17) is 0 Å². The highest BCUT2D eigenvalue weighted by Gasteiger charge is 2.23. The third-order valence-corrected chi connectivity index (χ3v) is 6.60. The Hall–Kier alpha value is -3.18. The number of hydrogen-bond acceptors (Lipinski definition) is 10. The number of nitrogens with zero attached hydrogens (tertiary/aromatic N) is 7. The van der Waals surface area contributed by atoms with Crippen LogP contribution in [0, 0.1) is 11.2 Å². The van der Waals surface area contributed by atoms with Crippen LogP contribution in [-0.2, 0) is 4.79 Å². The van der Waals surface area contributed by atoms with E-state index in [9.17, 15) is 4.79 Å². The van der Waals surface area contributed by atoms with Gasteiger partial charge in [-0.25, -0.2) is 4.98 Å². The zero-order valence-corrected chi connectivity index (χ0v) is 24.8. The number of nitrogens with one attached hydrogen (secondary N) is 2. The maximum absolute atomic E-state index is 11.6. The van der Waals surface area contributed by atoms with Crippen LogP contribution in [0.15, 0.2) is 37.1 Å². The predicted molar refractivity (Wildman–Crippen MR) is 166 cm³/mol. The molecule has 3 aromatic rings. The minimum absolute atomic E-state index is 0.207. The number of carbonyl (C=O) groups is 1. The molecule has 200 valence electrons. The smallest absolute Gasteiger partial charge is 0.247 e. The van der Waals surface area contributed by atoms with Crippen molar-refractivity contribution in [2.24, 2.45) is 0 Å². The van der Waals surface area contributed by atoms with Crippen LogP contribution in [-0.4, -0.2) is 64.5 Å². The summed E-state index contributed by atoms with van der Waals surface area (Å²) in [6, 6.07) is 5.96. The first-order chi connectivity index (χ1) is 18.6. The Morgan fingerprint density at radius 3 is 2.21 bits per heavy atom. The standard InChI is InChI=1S/C18H21N5O.C6H5IN4S.C2H6/c1-2-16(24)19-13-6-7-14-15(12-13)18(23-10-5-11-23)21-20-17(14)22-8-3-4-9-22;1-8-6-9-4-5(10-11-6)2-3-12-7;1-2/h2,6-7,12H,1,3-5,8-11H2,(H,19,24);4H,1H3,(H,8,9,11);1-2H3. The molecule has 0 unspecified atom stereocenters. The number of halogens is 1. The molecular formula is C26H32IN9OS. The van der Waals surface area contributed by atoms with E-state index in [-0.39, 0.29) is 5.91 Å². The summed E-state index contributed by atoms with van der Waals surface area (Å²) in [5.74, 6) is 4.95. The molecule has 1 aromatic carbocycles. The number of amides is 1. The molecule has 10 nitrogen and oxygen atoms in total. The van der Waals surface area contributed by atoms with Gasteiger partial charge in [-0.15, -0.1) is 20.4 Å². The van der Waals surface area contributed by atoms with Gasteiger partial charge in [0.2, 0.25) is 11.9 Å². The zero-order valence-electron chi connectivity index (χ0n) is 21.9. The van der Waals surface area contributed by atoms with Gasteiger partial charge in [0.05, 0.1) is 6.20 Å². The van der Waals surface area contributed by atoms with Gasteiger partial charge in [-0.05, 0) is 63.6 Å². The molecule has 0 saturated carbocycles. The highest BCUT2D eigenvalue weighted by Crippen LogP contribution is 2.35. The Labute approximate surface area is 240 Å². The zero-order chi connectivity index (χ0) is 27.3. The number of benzene rings is 1. The SMILES string of the molecule is C=CC(=O)Nc1ccc2c(N3CCCC3)nnc(N3CCC3)c2c1.CC.CNc1ncc(C#CSI)nn1. The second-order valence-corrected chi connectivity index (χ2v) is 9.74. The van der Waals surface area contributed by atoms with Crippen LogP contribution < -0.4 is 20.4 Å². The monoisotopic (exact) mass is 645 g/mol. The summed E-state index contributed by atoms with van der Waals surface area (Å²) in [6.07, 6.45) is 6.44. The average molecular weight is 646 g/mol. The molecule has 2 aromatic heterocycles. The van der Waals surface area contributed by atoms with E-state index in [1.54, 1.807) is 13.2 Å². The third-order valence-electron chi connectivity index (χ3n) is 5.76. The van der Waals surface area contributed by atoms with Gasteiger partial charge in [-0.3, -0.25) is 4.79 Å². The van der Waals surface area contributed by atoms with E-state index in [0.29, 0.717) is 11.6 Å². The summed E-state index contributed by atoms with van der Waals surface area (Å²) in [4.78, 5) is 20.1. The van der Waals surface area contributed by atoms with E-state index in [1.165, 1.54) is 34.3 Å². The summed E-state index contributed by atoms with van der Waals surface area (Å²) in [6.45, 7) is 11.6. The molecule has 0 spiro atoms. The van der Waals surface area contributed by atoms with Crippen LogP contribution in [0.4, 0.5) is 23.3 Å². The van der Waals surface area contributed by atoms with Crippen LogP contribution in [0.3, 0.4) is 0 Å². The van der Waals surface area contributed by atoms with Crippen LogP contribution >= 0.6 is 30.1 Å². The Bertz CT molecular complexity index is 1280. The van der Waals surface area contributed by atoms with Gasteiger partial charge >= 0.3 is 0 Å². The first-order valence-corrected chi connectivity index (χ1v) is 15.9. The van der Waals surface area contributed by atoms with E-state index in [0.717, 1.165) is 54.3 Å². The van der Waals surface area contributed by atoms with Crippen molar-refractivity contribution in [1.29, 1.82) is 0 Å². The number of hydrogen-bond donors (Lipinski definition) is 2. The molecule has 0 bridgehead atoms. The quantitative estimate of drug-likeness (QED) is 0.226. The lowest BCUT2D eigenvalue weighted by Crippen LogP contribution is -2.38. The summed E-state index contributed by atoms with van der Waals surface area (Å²) in [5.41, 5.74) is 1.34. The van der Waals surface area contributed by atoms with Crippen LogP contribution in [0.5, 0.6) is 0 Å². The fourth-order valence-electron chi connectivity index (χ4n) is 3.84. The Kier molecular flexibility index (Phi) is 11.8. The van der Waals surface area contributed by atoms with Crippen molar-refractivity contribution in [1.82, 2.24) is 25.4 Å². The minimum Gasteiger partial charge on any atom is -0.356 e. The maximum atomic E-state index is 11.6. The number of carbonyl (C=O) groups excluding carboxylic acids is 1. The minimum atomic E-state index is -0.207. The van der Waals surface area contributed by atoms with Crippen LogP contribution in [0.25, 0.3) is 10.8 Å². The van der Waals surface area contributed by atoms with E-state index in [1.807, 2.05) is 32.0 Å². The molecule has 2 aliphatic heterocycles. The topological polar surface area (TPSA) is 112 Å². The van der Waals surface area contributed by atoms with Crippen molar-refractivity contribution >= 4 is 70.1 Å². The number of aromatic nitrogens is 5. The van der Waals surface area contributed by atoms with Crippen molar-refractivity contribution in [2.45, 2.75) is 33.1 Å². The lowest BCUT2D eigenvalue weighted by atomic mass is 10.1. The molecule has 0 atom stereocenters. The molecule has 2 aliphatic rings. The molecule has 4 heterocycles. The Morgan fingerprint density at radius 2 is 1.68 bits per heavy atom. The average Bonchev–Trinajstić information content (AvgIpc) is 3.48. The summed E-state index contributed by atoms with van der Waals surface area (Å²) in [7, 11) is 3.14. The lowest BCUT2D eigenvalue weighted by molar-refractivity contribution is -0.111. The molecule has 2 N–H and O–H groups in total. The van der Waals surface area contributed by atoms with E-state index in [2.05, 4.69) is 84.8 Å². The molecule has 2 fully saturated rings. The van der Waals surface area contributed by atoms with Crippen molar-refractivity contribution < 1.29 is 4.79 Å². The van der Waals surface area contributed by atoms with Crippen molar-refractivity contribution in [2.75, 3.05) is 53.7 Å². The van der Waals surface area contributed by atoms with Crippen molar-refractivity contribution in [3.63, 3.8) is 0 Å². The molecular weight excluding hydrogens is 613 g/mol. The molecule has 1 amide bonds. The van der Waals surface area contributed by atoms with Crippen molar-refractivity contribution in [3.8, 4) is 11.2 Å². The second kappa shape index (κ2) is 15.3. The van der Waals surface area contributed by atoms with E-state index < -0.39 is 0 Å². The number of rotatable bonds is 5. The van der Waals surface area contributed by atoms with Crippen LogP contribution in [0.1, 0.15) is 38.8 Å². The molecule has 0 aliphatic carbocycles. The lowest BCUT2D eigenvalue weighted by Gasteiger charge is -2.33. The van der Waals surface area contributed by atoms with Gasteiger partial charge in [0.25, 0.3) is 0 Å². The third kappa shape index (κ3) is 7.67. The maximum Gasteiger partial charge on any atom is 0.247 e. The first kappa shape index (κ1) is 29.4. The van der Waals surface area contributed by atoms with Gasteiger partial charge in [-0.2, -0.15) is 0 Å². The fraction of sp³-hybridized carbons (Fsp3) is 0.385. The van der Waals surface area contributed by atoms with Gasteiger partial charge in [0, 0.05) is 70.9 Å². The molecule has 5 rings (SSSR count). The van der Waals surface area contributed by atoms with Crippen molar-refractivity contribution in [3.05, 3.63) is 42.7 Å². The van der Waals surface area contributed by atoms with E-state index >= 15 is 0 Å². The molecule has 38 heavy (non-hydrogen) atoms. The highest BCUT2D eigenvalue weighted by molar-refractivity contribution is 14.2. The molecule has 2 saturated heterocycles. The summed E-state index contributed by atoms with van der Waals surface area (Å²) < 4.78 is 0. The van der Waals surface area contributed by atoms with Gasteiger partial charge in [0.1, 0.15) is 0 Å². The second-order valence-electron chi connectivity index (χ2n) is 8.06. The largest absolute Gasteiger partial charge is 0.356 e. The Morgan fingerprint density at radius 1 is 1.03 bits per heavy atom. The molecule has 0 radical (unpaired) electrons. The van der Waals surface area contributed by atoms with Gasteiger partial charge in [-0.1, -0.05) is 20.4 Å². The fourth-order valence-corrected chi connectivity index (χ4v) is 4.31. The highest BCUT2D eigenvalue weighted by atomic mass is 127. The molecule has 12 heteroatoms. The van der Waals surface area contributed by atoms with Gasteiger partial charge in [0.15, 0.2) is 17.3 Å². The summed E-state index contributed by atoms with van der Waals surface area (Å²) >= 11 is 2.09. The predicted octanol–water partition coefficient (Wildman–Crippen LogP) is 4.90. The van der Waals surface area contributed by atoms with Crippen LogP contribution in [0.2, 0.25) is 0 Å².